The summed E-state index contributed by atoms with van der Waals surface area (Å²) in [5.74, 6) is -45.4. The molecule has 0 aliphatic rings. The van der Waals surface area contributed by atoms with Crippen LogP contribution in [0.15, 0.2) is 0 Å². The van der Waals surface area contributed by atoms with E-state index in [0.29, 0.717) is 0 Å². The van der Waals surface area contributed by atoms with Crippen molar-refractivity contribution in [1.82, 2.24) is 0 Å². The molecular formula is C30H28BF15NP. The Morgan fingerprint density at radius 3 is 0.604 bits per heavy atom. The first-order valence-corrected chi connectivity index (χ1v) is 15.7. The van der Waals surface area contributed by atoms with Crippen molar-refractivity contribution in [3.05, 3.63) is 87.3 Å². The van der Waals surface area contributed by atoms with E-state index in [1.807, 2.05) is 0 Å². The summed E-state index contributed by atoms with van der Waals surface area (Å²) in [6, 6.07) is 0. The molecule has 3 aromatic carbocycles. The van der Waals surface area contributed by atoms with Gasteiger partial charge in [-0.3, -0.25) is 0 Å². The van der Waals surface area contributed by atoms with Gasteiger partial charge in [0.1, 0.15) is 34.9 Å². The molecule has 0 spiro atoms. The smallest absolute Gasteiger partial charge is 0.366 e. The minimum absolute atomic E-state index is 1.35. The van der Waals surface area contributed by atoms with Gasteiger partial charge in [-0.05, 0) is 16.4 Å². The van der Waals surface area contributed by atoms with Crippen LogP contribution in [-0.4, -0.2) is 21.7 Å². The van der Waals surface area contributed by atoms with Gasteiger partial charge in [-0.2, -0.15) is 0 Å². The zero-order chi connectivity index (χ0) is 37.6. The molecule has 0 fully saturated rings. The van der Waals surface area contributed by atoms with Crippen molar-refractivity contribution in [3.8, 4) is 0 Å². The molecule has 3 rings (SSSR count). The zero-order valence-corrected chi connectivity index (χ0v) is 27.6. The standard InChI is InChI=1S/C30H28BF15NP/c1-28(2,3)48(29(4,5)6,30(7,8)9)47-31(10-13(32)19(38)25(44)20(39)14(10)33,11-15(34)21(40)26(45)22(41)16(11)35)12-17(36)23(42)27(46)24(43)18(12)37/h47H,1-9H3. The molecule has 0 atom stereocenters. The maximum absolute atomic E-state index is 16.1. The third-order valence-electron chi connectivity index (χ3n) is 8.44. The molecule has 0 unspecified atom stereocenters. The highest BCUT2D eigenvalue weighted by atomic mass is 31.2. The summed E-state index contributed by atoms with van der Waals surface area (Å²) < 4.78 is 232. The summed E-state index contributed by atoms with van der Waals surface area (Å²) in [6.07, 6.45) is -5.92. The number of benzene rings is 3. The number of rotatable bonds is 4. The lowest BCUT2D eigenvalue weighted by molar-refractivity contribution is -0.279. The second-order valence-corrected chi connectivity index (χ2v) is 19.8. The summed E-state index contributed by atoms with van der Waals surface area (Å²) in [5.41, 5.74) is -8.00. The van der Waals surface area contributed by atoms with E-state index in [9.17, 15) is 13.2 Å². The fraction of sp³-hybridized carbons (Fsp3) is 0.400. The van der Waals surface area contributed by atoms with Crippen molar-refractivity contribution >= 4 is 29.7 Å². The molecule has 0 amide bonds. The van der Waals surface area contributed by atoms with Crippen LogP contribution in [0.4, 0.5) is 65.9 Å². The van der Waals surface area contributed by atoms with Crippen molar-refractivity contribution in [3.63, 3.8) is 0 Å². The lowest BCUT2D eigenvalue weighted by Gasteiger charge is -2.54. The number of nitrogens with one attached hydrogen (secondary N) is 1. The molecule has 0 aliphatic heterocycles. The predicted octanol–water partition coefficient (Wildman–Crippen LogP) is 7.42. The van der Waals surface area contributed by atoms with E-state index in [1.54, 1.807) is 0 Å². The van der Waals surface area contributed by atoms with Crippen LogP contribution < -0.4 is 21.0 Å². The molecule has 0 aromatic heterocycles. The molecule has 48 heavy (non-hydrogen) atoms. The maximum atomic E-state index is 16.1. The quantitative estimate of drug-likeness (QED) is 0.0946. The molecule has 3 aromatic rings. The first kappa shape index (κ1) is 39.3. The highest BCUT2D eigenvalue weighted by Crippen LogP contribution is 2.71. The Morgan fingerprint density at radius 2 is 0.458 bits per heavy atom. The minimum Gasteiger partial charge on any atom is -0.480 e. The molecule has 18 heteroatoms. The molecule has 0 heterocycles. The van der Waals surface area contributed by atoms with Gasteiger partial charge in [0.15, 0.2) is 52.4 Å². The van der Waals surface area contributed by atoms with Crippen molar-refractivity contribution in [1.29, 1.82) is 0 Å². The summed E-state index contributed by atoms with van der Waals surface area (Å²) in [5, 5.41) is -4.52. The van der Waals surface area contributed by atoms with Gasteiger partial charge < -0.3 is 4.66 Å². The van der Waals surface area contributed by atoms with Crippen molar-refractivity contribution in [2.45, 2.75) is 77.8 Å². The van der Waals surface area contributed by atoms with Gasteiger partial charge in [0.05, 0.1) is 7.05 Å². The molecule has 0 radical (unpaired) electrons. The van der Waals surface area contributed by atoms with Gasteiger partial charge in [-0.25, -0.2) is 65.9 Å². The molecule has 0 saturated heterocycles. The highest BCUT2D eigenvalue weighted by Gasteiger charge is 2.61. The van der Waals surface area contributed by atoms with E-state index in [2.05, 4.69) is 4.66 Å². The Hall–Kier alpha value is -3.10. The first-order valence-electron chi connectivity index (χ1n) is 13.9. The van der Waals surface area contributed by atoms with Crippen LogP contribution in [0.5, 0.6) is 0 Å². The van der Waals surface area contributed by atoms with Gasteiger partial charge in [-0.1, -0.05) is 62.3 Å². The van der Waals surface area contributed by atoms with Crippen molar-refractivity contribution < 1.29 is 70.5 Å². The van der Waals surface area contributed by atoms with Crippen LogP contribution in [0.25, 0.3) is 0 Å². The van der Waals surface area contributed by atoms with Gasteiger partial charge >= 0.3 is 6.28 Å². The van der Waals surface area contributed by atoms with Crippen LogP contribution in [0.2, 0.25) is 0 Å². The van der Waals surface area contributed by atoms with Crippen molar-refractivity contribution in [2.24, 2.45) is 0 Å². The SMILES string of the molecule is CC(C)(C)P(=[NH+][B-](c1c(F)c(F)c(F)c(F)c1F)(c1c(F)c(F)c(F)c(F)c1F)c1c(F)c(F)c(F)c(F)c1F)(C(C)(C)C)C(C)(C)C. The number of hydrogen-bond donors (Lipinski definition) is 1. The lowest BCUT2D eigenvalue weighted by atomic mass is 9.24. The largest absolute Gasteiger partial charge is 0.480 e. The third-order valence-corrected chi connectivity index (χ3v) is 15.2. The Kier molecular flexibility index (Phi) is 9.88. The average Bonchev–Trinajstić information content (AvgIpc) is 2.95. The van der Waals surface area contributed by atoms with E-state index in [-0.39, 0.29) is 0 Å². The Labute approximate surface area is 265 Å². The predicted molar refractivity (Wildman–Crippen MR) is 150 cm³/mol. The molecule has 1 nitrogen and oxygen atoms in total. The van der Waals surface area contributed by atoms with Crippen LogP contribution in [-0.2, 0) is 0 Å². The van der Waals surface area contributed by atoms with Gasteiger partial charge in [0.2, 0.25) is 0 Å². The van der Waals surface area contributed by atoms with E-state index in [4.69, 9.17) is 0 Å². The van der Waals surface area contributed by atoms with E-state index < -0.39 is 132 Å². The van der Waals surface area contributed by atoms with Crippen LogP contribution >= 0.6 is 7.05 Å². The molecular weight excluding hydrogens is 701 g/mol. The maximum Gasteiger partial charge on any atom is 0.366 e. The van der Waals surface area contributed by atoms with Crippen molar-refractivity contribution in [2.75, 3.05) is 0 Å². The Morgan fingerprint density at radius 1 is 0.312 bits per heavy atom. The summed E-state index contributed by atoms with van der Waals surface area (Å²) >= 11 is 0. The fourth-order valence-electron chi connectivity index (χ4n) is 7.52. The van der Waals surface area contributed by atoms with Crippen LogP contribution in [0, 0.1) is 87.3 Å². The topological polar surface area (TPSA) is 14.0 Å². The number of hydrogen-bond acceptors (Lipinski definition) is 0. The molecule has 1 N–H and O–H groups in total. The van der Waals surface area contributed by atoms with Gasteiger partial charge in [0, 0.05) is 15.5 Å². The van der Waals surface area contributed by atoms with E-state index in [1.165, 1.54) is 62.3 Å². The zero-order valence-electron chi connectivity index (χ0n) is 26.7. The first-order chi connectivity index (χ1) is 21.5. The summed E-state index contributed by atoms with van der Waals surface area (Å²) in [6.45, 7) is 12.1. The highest BCUT2D eigenvalue weighted by molar-refractivity contribution is 7.68. The lowest BCUT2D eigenvalue weighted by Crippen LogP contribution is -3.04. The van der Waals surface area contributed by atoms with E-state index >= 15 is 52.7 Å². The summed E-state index contributed by atoms with van der Waals surface area (Å²) in [7, 11) is -4.15. The second kappa shape index (κ2) is 12.0. The molecule has 0 bridgehead atoms. The monoisotopic (exact) mass is 729 g/mol. The normalized spacial score (nSPS) is 13.4. The Balaban J connectivity index is 3.26. The van der Waals surface area contributed by atoms with Crippen LogP contribution in [0.1, 0.15) is 62.3 Å². The number of halogens is 15. The molecule has 0 aliphatic carbocycles. The van der Waals surface area contributed by atoms with Gasteiger partial charge in [-0.15, -0.1) is 0 Å². The minimum atomic E-state index is -5.92. The van der Waals surface area contributed by atoms with E-state index in [0.717, 1.165) is 0 Å². The average molecular weight is 729 g/mol. The van der Waals surface area contributed by atoms with Crippen LogP contribution in [0.3, 0.4) is 0 Å². The molecule has 266 valence electrons. The summed E-state index contributed by atoms with van der Waals surface area (Å²) in [4.78, 5) is 0. The van der Waals surface area contributed by atoms with Gasteiger partial charge in [0.25, 0.3) is 0 Å². The fourth-order valence-corrected chi connectivity index (χ4v) is 15.7. The third kappa shape index (κ3) is 5.24. The second-order valence-electron chi connectivity index (χ2n) is 14.1. The molecule has 0 saturated carbocycles. The Bertz CT molecular complexity index is 1600.